The van der Waals surface area contributed by atoms with Crippen molar-refractivity contribution >= 4 is 10.8 Å². The van der Waals surface area contributed by atoms with Gasteiger partial charge in [-0.2, -0.15) is 0 Å². The number of benzene rings is 1. The zero-order chi connectivity index (χ0) is 20.6. The minimum Gasteiger partial charge on any atom is -0.427 e. The van der Waals surface area contributed by atoms with E-state index in [-0.39, 0.29) is 11.2 Å². The van der Waals surface area contributed by atoms with Crippen LogP contribution in [0.2, 0.25) is 0 Å². The van der Waals surface area contributed by atoms with E-state index in [1.807, 2.05) is 18.2 Å². The molecule has 160 valence electrons. The SMILES string of the molecule is CCCCCCc1cc2ccc(CCC3CCC(CCC)CC3)c(F)c2c(=O)o1. The first kappa shape index (κ1) is 22.1. The zero-order valence-corrected chi connectivity index (χ0v) is 18.3. The van der Waals surface area contributed by atoms with Crippen molar-refractivity contribution in [3.05, 3.63) is 45.8 Å². The largest absolute Gasteiger partial charge is 0.427 e. The van der Waals surface area contributed by atoms with Gasteiger partial charge in [-0.25, -0.2) is 9.18 Å². The molecule has 0 radical (unpaired) electrons. The van der Waals surface area contributed by atoms with Crippen molar-refractivity contribution in [2.75, 3.05) is 0 Å². The van der Waals surface area contributed by atoms with Crippen LogP contribution in [0.25, 0.3) is 10.8 Å². The predicted octanol–water partition coefficient (Wildman–Crippen LogP) is 7.59. The van der Waals surface area contributed by atoms with Gasteiger partial charge in [0, 0.05) is 6.42 Å². The number of hydrogen-bond acceptors (Lipinski definition) is 2. The molecule has 0 atom stereocenters. The van der Waals surface area contributed by atoms with Crippen LogP contribution in [0.4, 0.5) is 4.39 Å². The highest BCUT2D eigenvalue weighted by Crippen LogP contribution is 2.34. The van der Waals surface area contributed by atoms with Gasteiger partial charge in [0.1, 0.15) is 17.0 Å². The van der Waals surface area contributed by atoms with Crippen LogP contribution >= 0.6 is 0 Å². The summed E-state index contributed by atoms with van der Waals surface area (Å²) >= 11 is 0. The molecule has 29 heavy (non-hydrogen) atoms. The lowest BCUT2D eigenvalue weighted by atomic mass is 9.78. The number of rotatable bonds is 10. The van der Waals surface area contributed by atoms with E-state index in [2.05, 4.69) is 13.8 Å². The van der Waals surface area contributed by atoms with E-state index >= 15 is 4.39 Å². The van der Waals surface area contributed by atoms with Gasteiger partial charge in [-0.1, -0.05) is 83.8 Å². The topological polar surface area (TPSA) is 30.2 Å². The molecule has 0 amide bonds. The average Bonchev–Trinajstić information content (AvgIpc) is 2.72. The Morgan fingerprint density at radius 3 is 2.34 bits per heavy atom. The summed E-state index contributed by atoms with van der Waals surface area (Å²) < 4.78 is 20.5. The Morgan fingerprint density at radius 2 is 1.66 bits per heavy atom. The Labute approximate surface area is 174 Å². The van der Waals surface area contributed by atoms with Crippen molar-refractivity contribution in [1.29, 1.82) is 0 Å². The summed E-state index contributed by atoms with van der Waals surface area (Å²) in [7, 11) is 0. The van der Waals surface area contributed by atoms with Crippen molar-refractivity contribution < 1.29 is 8.81 Å². The number of hydrogen-bond donors (Lipinski definition) is 0. The summed E-state index contributed by atoms with van der Waals surface area (Å²) in [4.78, 5) is 12.5. The second-order valence-corrected chi connectivity index (χ2v) is 9.03. The molecule has 1 aromatic heterocycles. The minimum atomic E-state index is -0.521. The fraction of sp³-hybridized carbons (Fsp3) is 0.654. The van der Waals surface area contributed by atoms with Gasteiger partial charge in [0.05, 0.1) is 0 Å². The average molecular weight is 401 g/mol. The molecule has 0 spiro atoms. The molecule has 0 unspecified atom stereocenters. The zero-order valence-electron chi connectivity index (χ0n) is 18.3. The van der Waals surface area contributed by atoms with Crippen molar-refractivity contribution in [3.63, 3.8) is 0 Å². The molecule has 3 rings (SSSR count). The van der Waals surface area contributed by atoms with E-state index in [9.17, 15) is 4.79 Å². The third-order valence-corrected chi connectivity index (χ3v) is 6.76. The van der Waals surface area contributed by atoms with Crippen LogP contribution in [0.1, 0.15) is 95.8 Å². The molecule has 0 saturated heterocycles. The van der Waals surface area contributed by atoms with E-state index in [4.69, 9.17) is 4.42 Å². The van der Waals surface area contributed by atoms with Crippen molar-refractivity contribution in [2.24, 2.45) is 11.8 Å². The third-order valence-electron chi connectivity index (χ3n) is 6.76. The van der Waals surface area contributed by atoms with Crippen LogP contribution in [0, 0.1) is 17.7 Å². The van der Waals surface area contributed by atoms with Gasteiger partial charge in [0.15, 0.2) is 0 Å². The lowest BCUT2D eigenvalue weighted by Gasteiger charge is -2.28. The lowest BCUT2D eigenvalue weighted by Crippen LogP contribution is -2.15. The number of fused-ring (bicyclic) bond motifs is 1. The van der Waals surface area contributed by atoms with Crippen molar-refractivity contribution in [1.82, 2.24) is 0 Å². The summed E-state index contributed by atoms with van der Waals surface area (Å²) in [6.07, 6.45) is 14.8. The smallest absolute Gasteiger partial charge is 0.346 e. The maximum atomic E-state index is 15.1. The second-order valence-electron chi connectivity index (χ2n) is 9.03. The molecule has 0 aliphatic heterocycles. The van der Waals surface area contributed by atoms with Crippen LogP contribution in [0.3, 0.4) is 0 Å². The molecule has 3 heteroatoms. The van der Waals surface area contributed by atoms with Crippen LogP contribution in [0.15, 0.2) is 27.4 Å². The van der Waals surface area contributed by atoms with Gasteiger partial charge >= 0.3 is 5.63 Å². The summed E-state index contributed by atoms with van der Waals surface area (Å²) in [6, 6.07) is 5.63. The fourth-order valence-electron chi connectivity index (χ4n) is 4.95. The highest BCUT2D eigenvalue weighted by Gasteiger charge is 2.21. The fourth-order valence-corrected chi connectivity index (χ4v) is 4.95. The molecule has 1 fully saturated rings. The molecule has 0 bridgehead atoms. The third kappa shape index (κ3) is 5.93. The second kappa shape index (κ2) is 10.9. The quantitative estimate of drug-likeness (QED) is 0.384. The Hall–Kier alpha value is -1.64. The molecule has 1 saturated carbocycles. The Kier molecular flexibility index (Phi) is 8.32. The van der Waals surface area contributed by atoms with Crippen LogP contribution in [-0.4, -0.2) is 0 Å². The Balaban J connectivity index is 1.63. The Morgan fingerprint density at radius 1 is 0.931 bits per heavy atom. The molecular formula is C26H37FO2. The Bertz CT molecular complexity index is 830. The number of unbranched alkanes of at least 4 members (excludes halogenated alkanes) is 3. The molecule has 1 aliphatic rings. The van der Waals surface area contributed by atoms with Gasteiger partial charge in [0.25, 0.3) is 0 Å². The highest BCUT2D eigenvalue weighted by molar-refractivity contribution is 5.82. The number of halogens is 1. The van der Waals surface area contributed by atoms with E-state index < -0.39 is 5.63 Å². The van der Waals surface area contributed by atoms with Crippen molar-refractivity contribution in [2.45, 2.75) is 97.3 Å². The van der Waals surface area contributed by atoms with E-state index in [1.54, 1.807) is 0 Å². The van der Waals surface area contributed by atoms with Gasteiger partial charge < -0.3 is 4.42 Å². The lowest BCUT2D eigenvalue weighted by molar-refractivity contribution is 0.252. The number of aryl methyl sites for hydroxylation is 2. The summed E-state index contributed by atoms with van der Waals surface area (Å²) in [5, 5.41) is 0.805. The summed E-state index contributed by atoms with van der Waals surface area (Å²) in [5.41, 5.74) is 0.142. The maximum absolute atomic E-state index is 15.1. The van der Waals surface area contributed by atoms with Gasteiger partial charge in [0.2, 0.25) is 0 Å². The molecular weight excluding hydrogens is 363 g/mol. The van der Waals surface area contributed by atoms with Crippen LogP contribution in [-0.2, 0) is 12.8 Å². The highest BCUT2D eigenvalue weighted by atomic mass is 19.1. The maximum Gasteiger partial charge on any atom is 0.346 e. The molecule has 2 nitrogen and oxygen atoms in total. The van der Waals surface area contributed by atoms with E-state index in [1.165, 1.54) is 51.4 Å². The monoisotopic (exact) mass is 400 g/mol. The van der Waals surface area contributed by atoms with Gasteiger partial charge in [-0.3, -0.25) is 0 Å². The first-order valence-corrected chi connectivity index (χ1v) is 11.9. The van der Waals surface area contributed by atoms with E-state index in [0.29, 0.717) is 29.0 Å². The first-order valence-electron chi connectivity index (χ1n) is 11.9. The first-order chi connectivity index (χ1) is 14.1. The molecule has 0 N–H and O–H groups in total. The van der Waals surface area contributed by atoms with E-state index in [0.717, 1.165) is 31.6 Å². The summed E-state index contributed by atoms with van der Waals surface area (Å²) in [6.45, 7) is 4.44. The van der Waals surface area contributed by atoms with Crippen molar-refractivity contribution in [3.8, 4) is 0 Å². The molecule has 2 aromatic rings. The summed E-state index contributed by atoms with van der Waals surface area (Å²) in [5.74, 6) is 1.90. The predicted molar refractivity (Wildman–Crippen MR) is 119 cm³/mol. The van der Waals surface area contributed by atoms with Gasteiger partial charge in [-0.05, 0) is 48.1 Å². The van der Waals surface area contributed by atoms with Gasteiger partial charge in [-0.15, -0.1) is 0 Å². The minimum absolute atomic E-state index is 0.131. The normalized spacial score (nSPS) is 19.7. The standard InChI is InChI=1S/C26H37FO2/c1-3-5-6-7-9-23-18-22-17-16-21(25(27)24(22)26(28)29-23)15-14-20-12-10-19(8-4-2)11-13-20/h16-20H,3-15H2,1-2H3. The van der Waals surface area contributed by atoms with Crippen LogP contribution in [0.5, 0.6) is 0 Å². The van der Waals surface area contributed by atoms with Crippen LogP contribution < -0.4 is 5.63 Å². The molecule has 1 heterocycles. The molecule has 1 aliphatic carbocycles. The molecule has 1 aromatic carbocycles.